The third-order valence-electron chi connectivity index (χ3n) is 10.1. The van der Waals surface area contributed by atoms with Gasteiger partial charge in [-0.15, -0.1) is 0 Å². The molecule has 1 aliphatic heterocycles. The Bertz CT molecular complexity index is 1150. The molecule has 2 bridgehead atoms. The van der Waals surface area contributed by atoms with Gasteiger partial charge in [-0.2, -0.15) is 0 Å². The van der Waals surface area contributed by atoms with Gasteiger partial charge in [-0.05, 0) is 92.1 Å². The van der Waals surface area contributed by atoms with Gasteiger partial charge < -0.3 is 16.0 Å². The van der Waals surface area contributed by atoms with E-state index in [0.29, 0.717) is 41.0 Å². The summed E-state index contributed by atoms with van der Waals surface area (Å²) in [6.07, 6.45) is 11.8. The summed E-state index contributed by atoms with van der Waals surface area (Å²) in [5, 5.41) is 3.29. The predicted octanol–water partition coefficient (Wildman–Crippen LogP) is 2.84. The van der Waals surface area contributed by atoms with E-state index in [1.807, 2.05) is 23.1 Å². The quantitative estimate of drug-likeness (QED) is 0.737. The molecule has 1 saturated heterocycles. The second kappa shape index (κ2) is 6.81. The zero-order valence-electron chi connectivity index (χ0n) is 19.1. The normalized spacial score (nSPS) is 38.0. The van der Waals surface area contributed by atoms with Crippen molar-refractivity contribution in [3.63, 3.8) is 0 Å². The van der Waals surface area contributed by atoms with Crippen LogP contribution in [0.25, 0.3) is 5.65 Å². The van der Waals surface area contributed by atoms with Crippen molar-refractivity contribution in [1.82, 2.24) is 19.6 Å². The largest absolute Gasteiger partial charge is 0.350 e. The number of fused-ring (bicyclic) bond motifs is 2. The van der Waals surface area contributed by atoms with Gasteiger partial charge in [0.15, 0.2) is 0 Å². The molecule has 7 rings (SSSR count). The average Bonchev–Trinajstić information content (AvgIpc) is 3.27. The monoisotopic (exact) mass is 447 g/mol. The Morgan fingerprint density at radius 2 is 2.09 bits per heavy atom. The second-order valence-corrected chi connectivity index (χ2v) is 11.6. The van der Waals surface area contributed by atoms with Gasteiger partial charge in [0.2, 0.25) is 0 Å². The van der Waals surface area contributed by atoms with Crippen LogP contribution in [0, 0.1) is 28.6 Å². The Morgan fingerprint density at radius 1 is 1.18 bits per heavy atom. The van der Waals surface area contributed by atoms with Crippen LogP contribution in [0.2, 0.25) is 0 Å². The Labute approximate surface area is 194 Å². The molecule has 33 heavy (non-hydrogen) atoms. The number of carbonyl (C=O) groups is 2. The predicted molar refractivity (Wildman–Crippen MR) is 124 cm³/mol. The van der Waals surface area contributed by atoms with Crippen molar-refractivity contribution >= 4 is 17.5 Å². The highest BCUT2D eigenvalue weighted by Crippen LogP contribution is 2.79. The summed E-state index contributed by atoms with van der Waals surface area (Å²) in [7, 11) is 0. The first-order chi connectivity index (χ1) is 16.0. The van der Waals surface area contributed by atoms with Crippen LogP contribution in [0.15, 0.2) is 24.4 Å². The minimum atomic E-state index is -0.0930. The summed E-state index contributed by atoms with van der Waals surface area (Å²) in [5.74, 6) is 2.56. The van der Waals surface area contributed by atoms with Gasteiger partial charge >= 0.3 is 0 Å². The summed E-state index contributed by atoms with van der Waals surface area (Å²) in [5.41, 5.74) is 8.42. The van der Waals surface area contributed by atoms with Gasteiger partial charge in [0.05, 0.1) is 0 Å². The van der Waals surface area contributed by atoms with Gasteiger partial charge in [0.1, 0.15) is 17.0 Å². The molecule has 2 amide bonds. The topological polar surface area (TPSA) is 92.7 Å². The molecule has 0 aromatic carbocycles. The van der Waals surface area contributed by atoms with E-state index < -0.39 is 0 Å². The Morgan fingerprint density at radius 3 is 2.97 bits per heavy atom. The van der Waals surface area contributed by atoms with E-state index in [1.54, 1.807) is 10.6 Å². The van der Waals surface area contributed by atoms with Gasteiger partial charge in [-0.25, -0.2) is 4.98 Å². The number of carbonyl (C=O) groups excluding carboxylic acids is 2. The summed E-state index contributed by atoms with van der Waals surface area (Å²) < 4.78 is 1.77. The van der Waals surface area contributed by atoms with Crippen LogP contribution in [0.4, 0.5) is 0 Å². The second-order valence-electron chi connectivity index (χ2n) is 11.6. The van der Waals surface area contributed by atoms with Gasteiger partial charge in [0, 0.05) is 31.9 Å². The molecular weight excluding hydrogens is 414 g/mol. The highest BCUT2D eigenvalue weighted by molar-refractivity contribution is 5.96. The number of pyridine rings is 1. The lowest BCUT2D eigenvalue weighted by molar-refractivity contribution is 0.0735. The summed E-state index contributed by atoms with van der Waals surface area (Å²) >= 11 is 0. The van der Waals surface area contributed by atoms with Crippen LogP contribution in [-0.4, -0.2) is 51.8 Å². The fourth-order valence-electron chi connectivity index (χ4n) is 8.52. The van der Waals surface area contributed by atoms with Crippen LogP contribution >= 0.6 is 0 Å². The van der Waals surface area contributed by atoms with Crippen molar-refractivity contribution < 1.29 is 9.59 Å². The third-order valence-corrected chi connectivity index (χ3v) is 10.1. The van der Waals surface area contributed by atoms with E-state index in [2.05, 4.69) is 10.3 Å². The number of imidazole rings is 1. The third kappa shape index (κ3) is 2.81. The summed E-state index contributed by atoms with van der Waals surface area (Å²) in [6.45, 7) is 1.96. The molecule has 0 radical (unpaired) electrons. The molecule has 4 aliphatic carbocycles. The van der Waals surface area contributed by atoms with Crippen molar-refractivity contribution in [3.05, 3.63) is 35.8 Å². The fourth-order valence-corrected chi connectivity index (χ4v) is 8.52. The van der Waals surface area contributed by atoms with E-state index in [1.165, 1.54) is 38.5 Å². The number of rotatable bonds is 5. The van der Waals surface area contributed by atoms with Crippen molar-refractivity contribution in [2.45, 2.75) is 57.4 Å². The average molecular weight is 448 g/mol. The highest BCUT2D eigenvalue weighted by Gasteiger charge is 2.72. The highest BCUT2D eigenvalue weighted by atomic mass is 16.2. The van der Waals surface area contributed by atoms with Gasteiger partial charge in [-0.3, -0.25) is 14.0 Å². The Kier molecular flexibility index (Phi) is 4.13. The first-order valence-corrected chi connectivity index (χ1v) is 12.8. The van der Waals surface area contributed by atoms with Crippen LogP contribution < -0.4 is 11.1 Å². The first-order valence-electron chi connectivity index (χ1n) is 12.8. The number of nitrogens with one attached hydrogen (secondary N) is 1. The molecule has 1 spiro atoms. The molecule has 3 heterocycles. The Balaban J connectivity index is 1.10. The maximum Gasteiger partial charge on any atom is 0.274 e. The number of amides is 2. The Hall–Kier alpha value is -2.41. The molecule has 2 aromatic heterocycles. The molecular formula is C26H33N5O2. The summed E-state index contributed by atoms with van der Waals surface area (Å²) in [4.78, 5) is 32.7. The SMILES string of the molecule is NCC1CCCN1C(=O)c1cn2c(C(=O)NCC34CC5CCC6(CC6C3)C5C4)cccc2n1. The van der Waals surface area contributed by atoms with Crippen LogP contribution in [0.3, 0.4) is 0 Å². The van der Waals surface area contributed by atoms with E-state index in [9.17, 15) is 9.59 Å². The standard InChI is InChI=1S/C26H33N5O2/c27-13-18-3-2-8-30(18)24(33)20-14-31-21(4-1-5-22(31)29-20)23(32)28-15-25-9-16-6-7-26(19(16)12-25)11-17(26)10-25/h1,4-5,14,16-19H,2-3,6-13,15,27H2,(H,28,32). The molecule has 174 valence electrons. The van der Waals surface area contributed by atoms with E-state index in [-0.39, 0.29) is 17.9 Å². The molecule has 3 N–H and O–H groups in total. The lowest BCUT2D eigenvalue weighted by atomic mass is 9.71. The zero-order valence-corrected chi connectivity index (χ0v) is 19.1. The molecule has 4 saturated carbocycles. The maximum atomic E-state index is 13.3. The lowest BCUT2D eigenvalue weighted by Gasteiger charge is -2.36. The van der Waals surface area contributed by atoms with E-state index in [0.717, 1.165) is 37.1 Å². The molecule has 7 nitrogen and oxygen atoms in total. The van der Waals surface area contributed by atoms with E-state index >= 15 is 0 Å². The maximum absolute atomic E-state index is 13.3. The van der Waals surface area contributed by atoms with Crippen LogP contribution in [-0.2, 0) is 0 Å². The van der Waals surface area contributed by atoms with Gasteiger partial charge in [-0.1, -0.05) is 6.07 Å². The van der Waals surface area contributed by atoms with Crippen molar-refractivity contribution in [2.24, 2.45) is 34.3 Å². The number of aromatic nitrogens is 2. The molecule has 6 unspecified atom stereocenters. The van der Waals surface area contributed by atoms with Crippen molar-refractivity contribution in [3.8, 4) is 0 Å². The van der Waals surface area contributed by atoms with Crippen LogP contribution in [0.5, 0.6) is 0 Å². The molecule has 5 fully saturated rings. The molecule has 2 aromatic rings. The van der Waals surface area contributed by atoms with Crippen LogP contribution in [0.1, 0.15) is 72.3 Å². The number of hydrogen-bond donors (Lipinski definition) is 2. The number of nitrogens with two attached hydrogens (primary N) is 1. The van der Waals surface area contributed by atoms with Gasteiger partial charge in [0.25, 0.3) is 11.8 Å². The molecule has 6 atom stereocenters. The zero-order chi connectivity index (χ0) is 22.4. The number of likely N-dealkylation sites (tertiary alicyclic amines) is 1. The lowest BCUT2D eigenvalue weighted by Crippen LogP contribution is -2.40. The number of nitrogens with zero attached hydrogens (tertiary/aromatic N) is 3. The van der Waals surface area contributed by atoms with Crippen molar-refractivity contribution in [1.29, 1.82) is 0 Å². The minimum absolute atomic E-state index is 0.0722. The van der Waals surface area contributed by atoms with E-state index in [4.69, 9.17) is 5.73 Å². The summed E-state index contributed by atoms with van der Waals surface area (Å²) in [6, 6.07) is 5.60. The first kappa shape index (κ1) is 20.0. The van der Waals surface area contributed by atoms with Crippen molar-refractivity contribution in [2.75, 3.05) is 19.6 Å². The molecule has 7 heteroatoms. The fraction of sp³-hybridized carbons (Fsp3) is 0.654. The molecule has 5 aliphatic rings. The minimum Gasteiger partial charge on any atom is -0.350 e. The number of hydrogen-bond acceptors (Lipinski definition) is 4. The smallest absolute Gasteiger partial charge is 0.274 e.